The lowest BCUT2D eigenvalue weighted by molar-refractivity contribution is -0.131. The molecule has 18 heavy (non-hydrogen) atoms. The van der Waals surface area contributed by atoms with E-state index in [4.69, 9.17) is 14.6 Å². The van der Waals surface area contributed by atoms with Crippen LogP contribution in [0.25, 0.3) is 6.08 Å². The summed E-state index contributed by atoms with van der Waals surface area (Å²) in [5.74, 6) is 0.153. The molecule has 4 nitrogen and oxygen atoms in total. The minimum Gasteiger partial charge on any atom is -0.493 e. The first kappa shape index (κ1) is 14.4. The Morgan fingerprint density at radius 2 is 2.17 bits per heavy atom. The van der Waals surface area contributed by atoms with E-state index in [1.165, 1.54) is 6.08 Å². The van der Waals surface area contributed by atoms with Crippen LogP contribution in [0.1, 0.15) is 18.9 Å². The number of carboxylic acid groups (broad SMARTS) is 1. The van der Waals surface area contributed by atoms with Crippen LogP contribution >= 0.6 is 12.6 Å². The van der Waals surface area contributed by atoms with Crippen LogP contribution in [0.15, 0.2) is 23.1 Å². The van der Waals surface area contributed by atoms with Crippen molar-refractivity contribution in [2.45, 2.75) is 13.3 Å². The normalized spacial score (nSPS) is 11.2. The van der Waals surface area contributed by atoms with E-state index in [-0.39, 0.29) is 4.91 Å². The average molecular weight is 268 g/mol. The van der Waals surface area contributed by atoms with Gasteiger partial charge in [0, 0.05) is 0 Å². The van der Waals surface area contributed by atoms with Gasteiger partial charge in [0.2, 0.25) is 0 Å². The molecule has 1 rings (SSSR count). The van der Waals surface area contributed by atoms with E-state index in [0.717, 1.165) is 6.42 Å². The molecule has 0 unspecified atom stereocenters. The quantitative estimate of drug-likeness (QED) is 0.615. The maximum absolute atomic E-state index is 10.7. The zero-order valence-electron chi connectivity index (χ0n) is 10.3. The highest BCUT2D eigenvalue weighted by atomic mass is 32.1. The Morgan fingerprint density at radius 1 is 1.44 bits per heavy atom. The van der Waals surface area contributed by atoms with E-state index in [2.05, 4.69) is 12.6 Å². The summed E-state index contributed by atoms with van der Waals surface area (Å²) in [6.45, 7) is 2.63. The number of hydrogen-bond acceptors (Lipinski definition) is 4. The Morgan fingerprint density at radius 3 is 2.72 bits per heavy atom. The van der Waals surface area contributed by atoms with Gasteiger partial charge >= 0.3 is 5.97 Å². The predicted molar refractivity (Wildman–Crippen MR) is 73.4 cm³/mol. The summed E-state index contributed by atoms with van der Waals surface area (Å²) in [6.07, 6.45) is 2.36. The molecule has 98 valence electrons. The van der Waals surface area contributed by atoms with Crippen molar-refractivity contribution in [3.05, 3.63) is 28.7 Å². The minimum absolute atomic E-state index is 0.0284. The number of carboxylic acids is 1. The Hall–Kier alpha value is -1.62. The van der Waals surface area contributed by atoms with Crippen LogP contribution in [-0.2, 0) is 4.79 Å². The topological polar surface area (TPSA) is 55.8 Å². The van der Waals surface area contributed by atoms with E-state index in [1.54, 1.807) is 25.3 Å². The summed E-state index contributed by atoms with van der Waals surface area (Å²) in [7, 11) is 1.54. The first-order valence-electron chi connectivity index (χ1n) is 5.53. The highest BCUT2D eigenvalue weighted by Crippen LogP contribution is 2.29. The van der Waals surface area contributed by atoms with Crippen LogP contribution in [0, 0.1) is 0 Å². The number of rotatable bonds is 6. The molecule has 0 radical (unpaired) electrons. The highest BCUT2D eigenvalue weighted by Gasteiger charge is 2.06. The molecule has 0 atom stereocenters. The number of thiol groups is 1. The molecule has 0 spiro atoms. The largest absolute Gasteiger partial charge is 0.493 e. The number of ether oxygens (including phenoxy) is 2. The van der Waals surface area contributed by atoms with Gasteiger partial charge < -0.3 is 14.6 Å². The van der Waals surface area contributed by atoms with Crippen LogP contribution in [0.5, 0.6) is 11.5 Å². The molecule has 5 heteroatoms. The minimum atomic E-state index is -1.07. The second-order valence-corrected chi connectivity index (χ2v) is 4.08. The van der Waals surface area contributed by atoms with Gasteiger partial charge in [0.15, 0.2) is 11.5 Å². The lowest BCUT2D eigenvalue weighted by Gasteiger charge is -2.10. The third kappa shape index (κ3) is 4.00. The van der Waals surface area contributed by atoms with Gasteiger partial charge in [-0.05, 0) is 30.2 Å². The molecule has 1 aromatic rings. The van der Waals surface area contributed by atoms with E-state index < -0.39 is 5.97 Å². The van der Waals surface area contributed by atoms with Crippen molar-refractivity contribution < 1.29 is 19.4 Å². The van der Waals surface area contributed by atoms with Gasteiger partial charge in [-0.25, -0.2) is 4.79 Å². The van der Waals surface area contributed by atoms with E-state index in [1.807, 2.05) is 6.92 Å². The van der Waals surface area contributed by atoms with Gasteiger partial charge in [-0.1, -0.05) is 13.0 Å². The third-order valence-electron chi connectivity index (χ3n) is 2.17. The standard InChI is InChI=1S/C13H16O4S/c1-3-6-17-10-5-4-9(7-11(10)16-2)8-12(18)13(14)15/h4-5,7-8,18H,3,6H2,1-2H3,(H,14,15)/b12-8+. The van der Waals surface area contributed by atoms with Gasteiger partial charge in [0.05, 0.1) is 18.6 Å². The molecule has 1 N–H and O–H groups in total. The first-order chi connectivity index (χ1) is 8.58. The Bertz CT molecular complexity index is 454. The van der Waals surface area contributed by atoms with Crippen LogP contribution in [0.2, 0.25) is 0 Å². The summed E-state index contributed by atoms with van der Waals surface area (Å²) >= 11 is 3.87. The second kappa shape index (κ2) is 6.96. The summed E-state index contributed by atoms with van der Waals surface area (Å²) in [6, 6.07) is 5.22. The molecule has 0 aliphatic heterocycles. The maximum Gasteiger partial charge on any atom is 0.341 e. The lowest BCUT2D eigenvalue weighted by Crippen LogP contribution is -1.98. The molecule has 0 saturated heterocycles. The molecule has 0 aliphatic rings. The summed E-state index contributed by atoms with van der Waals surface area (Å²) in [5.41, 5.74) is 0.697. The van der Waals surface area contributed by atoms with Gasteiger partial charge in [0.25, 0.3) is 0 Å². The number of methoxy groups -OCH3 is 1. The van der Waals surface area contributed by atoms with Crippen LogP contribution in [-0.4, -0.2) is 24.8 Å². The van der Waals surface area contributed by atoms with E-state index >= 15 is 0 Å². The van der Waals surface area contributed by atoms with Crippen molar-refractivity contribution >= 4 is 24.7 Å². The van der Waals surface area contributed by atoms with E-state index in [0.29, 0.717) is 23.7 Å². The predicted octanol–water partition coefficient (Wildman–Crippen LogP) is 2.84. The zero-order chi connectivity index (χ0) is 13.5. The van der Waals surface area contributed by atoms with Crippen molar-refractivity contribution in [2.24, 2.45) is 0 Å². The van der Waals surface area contributed by atoms with Crippen LogP contribution in [0.4, 0.5) is 0 Å². The van der Waals surface area contributed by atoms with Crippen LogP contribution < -0.4 is 9.47 Å². The molecule has 1 aromatic carbocycles. The molecule has 0 heterocycles. The van der Waals surface area contributed by atoms with Gasteiger partial charge in [-0.15, -0.1) is 12.6 Å². The SMILES string of the molecule is CCCOc1ccc(/C=C(/S)C(=O)O)cc1OC. The number of benzene rings is 1. The van der Waals surface area contributed by atoms with Crippen molar-refractivity contribution in [3.63, 3.8) is 0 Å². The lowest BCUT2D eigenvalue weighted by atomic mass is 10.2. The number of carbonyl (C=O) groups is 1. The third-order valence-corrected chi connectivity index (χ3v) is 2.49. The summed E-state index contributed by atoms with van der Waals surface area (Å²) < 4.78 is 10.7. The zero-order valence-corrected chi connectivity index (χ0v) is 11.2. The highest BCUT2D eigenvalue weighted by molar-refractivity contribution is 7.85. The molecule has 0 aromatic heterocycles. The fraction of sp³-hybridized carbons (Fsp3) is 0.308. The first-order valence-corrected chi connectivity index (χ1v) is 5.98. The Balaban J connectivity index is 2.98. The van der Waals surface area contributed by atoms with E-state index in [9.17, 15) is 4.79 Å². The second-order valence-electron chi connectivity index (χ2n) is 3.59. The monoisotopic (exact) mass is 268 g/mol. The van der Waals surface area contributed by atoms with Gasteiger partial charge in [0.1, 0.15) is 0 Å². The van der Waals surface area contributed by atoms with Crippen molar-refractivity contribution in [2.75, 3.05) is 13.7 Å². The molecular formula is C13H16O4S. The fourth-order valence-electron chi connectivity index (χ4n) is 1.32. The molecule has 0 saturated carbocycles. The maximum atomic E-state index is 10.7. The fourth-order valence-corrected chi connectivity index (χ4v) is 1.47. The van der Waals surface area contributed by atoms with Crippen LogP contribution in [0.3, 0.4) is 0 Å². The van der Waals surface area contributed by atoms with Gasteiger partial charge in [-0.3, -0.25) is 0 Å². The molecule has 0 bridgehead atoms. The molecule has 0 amide bonds. The Labute approximate surface area is 112 Å². The Kier molecular flexibility index (Phi) is 5.58. The van der Waals surface area contributed by atoms with Crippen molar-refractivity contribution in [1.82, 2.24) is 0 Å². The molecule has 0 fully saturated rings. The number of aliphatic carboxylic acids is 1. The molecule has 0 aliphatic carbocycles. The van der Waals surface area contributed by atoms with Gasteiger partial charge in [-0.2, -0.15) is 0 Å². The van der Waals surface area contributed by atoms with Crippen molar-refractivity contribution in [3.8, 4) is 11.5 Å². The smallest absolute Gasteiger partial charge is 0.341 e. The van der Waals surface area contributed by atoms with Crippen molar-refractivity contribution in [1.29, 1.82) is 0 Å². The molecular weight excluding hydrogens is 252 g/mol. The summed E-state index contributed by atoms with van der Waals surface area (Å²) in [5, 5.41) is 8.74. The summed E-state index contributed by atoms with van der Waals surface area (Å²) in [4.78, 5) is 10.6. The average Bonchev–Trinajstić information content (AvgIpc) is 2.36. The number of hydrogen-bond donors (Lipinski definition) is 2.